The lowest BCUT2D eigenvalue weighted by atomic mass is 10.0. The van der Waals surface area contributed by atoms with Crippen LogP contribution in [-0.2, 0) is 11.3 Å². The van der Waals surface area contributed by atoms with Gasteiger partial charge in [-0.1, -0.05) is 30.7 Å². The molecule has 0 bridgehead atoms. The zero-order valence-electron chi connectivity index (χ0n) is 16.2. The van der Waals surface area contributed by atoms with Crippen LogP contribution < -0.4 is 5.32 Å². The summed E-state index contributed by atoms with van der Waals surface area (Å²) >= 11 is 0. The van der Waals surface area contributed by atoms with E-state index in [-0.39, 0.29) is 11.7 Å². The van der Waals surface area contributed by atoms with Crippen molar-refractivity contribution in [1.29, 1.82) is 0 Å². The first-order chi connectivity index (χ1) is 14.2. The van der Waals surface area contributed by atoms with Crippen molar-refractivity contribution >= 4 is 5.91 Å². The smallest absolute Gasteiger partial charge is 0.242 e. The molecule has 29 heavy (non-hydrogen) atoms. The number of rotatable bonds is 6. The number of nitrogens with zero attached hydrogens (tertiary/aromatic N) is 4. The Bertz CT molecular complexity index is 919. The number of likely N-dealkylation sites (tertiary alicyclic amines) is 1. The number of hydrogen-bond donors (Lipinski definition) is 1. The fourth-order valence-corrected chi connectivity index (χ4v) is 3.74. The largest absolute Gasteiger partial charge is 0.350 e. The molecule has 2 heterocycles. The Labute approximate surface area is 169 Å². The normalized spacial score (nSPS) is 15.8. The molecule has 0 radical (unpaired) electrons. The molecule has 2 aromatic carbocycles. The average molecular weight is 393 g/mol. The van der Waals surface area contributed by atoms with Crippen LogP contribution in [0.5, 0.6) is 0 Å². The third-order valence-corrected chi connectivity index (χ3v) is 5.28. The Balaban J connectivity index is 1.45. The number of nitrogens with one attached hydrogen (secondary N) is 1. The summed E-state index contributed by atoms with van der Waals surface area (Å²) in [5.41, 5.74) is 2.74. The second-order valence-electron chi connectivity index (χ2n) is 7.28. The van der Waals surface area contributed by atoms with Crippen LogP contribution in [0.4, 0.5) is 4.39 Å². The number of carbonyl (C=O) groups is 1. The van der Waals surface area contributed by atoms with Gasteiger partial charge in [0.25, 0.3) is 0 Å². The molecule has 1 unspecified atom stereocenters. The highest BCUT2D eigenvalue weighted by atomic mass is 19.1. The summed E-state index contributed by atoms with van der Waals surface area (Å²) in [6.45, 7) is 2.19. The molecule has 4 rings (SSSR count). The van der Waals surface area contributed by atoms with Crippen LogP contribution in [0.3, 0.4) is 0 Å². The highest BCUT2D eigenvalue weighted by molar-refractivity contribution is 5.83. The lowest BCUT2D eigenvalue weighted by Crippen LogP contribution is -2.42. The van der Waals surface area contributed by atoms with E-state index in [2.05, 4.69) is 20.3 Å². The zero-order valence-corrected chi connectivity index (χ0v) is 16.2. The average Bonchev–Trinajstić information content (AvgIpc) is 3.30. The van der Waals surface area contributed by atoms with Crippen LogP contribution in [0, 0.1) is 5.82 Å². The fourth-order valence-electron chi connectivity index (χ4n) is 3.74. The summed E-state index contributed by atoms with van der Waals surface area (Å²) < 4.78 is 15.1. The molecule has 1 aliphatic heterocycles. The Morgan fingerprint density at radius 3 is 2.41 bits per heavy atom. The van der Waals surface area contributed by atoms with Crippen molar-refractivity contribution in [2.45, 2.75) is 31.8 Å². The van der Waals surface area contributed by atoms with Crippen LogP contribution >= 0.6 is 0 Å². The van der Waals surface area contributed by atoms with Crippen molar-refractivity contribution in [2.75, 3.05) is 13.1 Å². The summed E-state index contributed by atoms with van der Waals surface area (Å²) in [4.78, 5) is 19.2. The second kappa shape index (κ2) is 8.96. The molecule has 0 aliphatic carbocycles. The van der Waals surface area contributed by atoms with Gasteiger partial charge in [-0.3, -0.25) is 9.69 Å². The number of piperidine rings is 1. The van der Waals surface area contributed by atoms with E-state index in [1.54, 1.807) is 23.1 Å². The number of halogens is 1. The Kier molecular flexibility index (Phi) is 5.95. The molecule has 1 atom stereocenters. The molecule has 1 amide bonds. The molecule has 0 spiro atoms. The minimum atomic E-state index is -0.398. The number of amides is 1. The van der Waals surface area contributed by atoms with E-state index in [0.29, 0.717) is 6.54 Å². The fraction of sp³-hybridized carbons (Fsp3) is 0.318. The molecule has 1 N–H and O–H groups in total. The summed E-state index contributed by atoms with van der Waals surface area (Å²) in [6, 6.07) is 13.7. The van der Waals surface area contributed by atoms with Crippen molar-refractivity contribution in [3.8, 4) is 5.69 Å². The van der Waals surface area contributed by atoms with Gasteiger partial charge in [-0.15, -0.1) is 0 Å². The van der Waals surface area contributed by atoms with Crippen LogP contribution in [0.15, 0.2) is 61.2 Å². The van der Waals surface area contributed by atoms with Gasteiger partial charge < -0.3 is 5.32 Å². The number of carbonyl (C=O) groups excluding carboxylic acids is 1. The summed E-state index contributed by atoms with van der Waals surface area (Å²) in [7, 11) is 0. The minimum Gasteiger partial charge on any atom is -0.350 e. The second-order valence-corrected chi connectivity index (χ2v) is 7.28. The number of aromatic nitrogens is 3. The zero-order chi connectivity index (χ0) is 20.1. The minimum absolute atomic E-state index is 0.0566. The Morgan fingerprint density at radius 1 is 1.03 bits per heavy atom. The van der Waals surface area contributed by atoms with Gasteiger partial charge in [0.1, 0.15) is 24.5 Å². The van der Waals surface area contributed by atoms with Gasteiger partial charge in [0.05, 0.1) is 5.69 Å². The first kappa shape index (κ1) is 19.3. The first-order valence-electron chi connectivity index (χ1n) is 9.92. The van der Waals surface area contributed by atoms with Gasteiger partial charge in [0.15, 0.2) is 0 Å². The Hall–Kier alpha value is -3.06. The van der Waals surface area contributed by atoms with Crippen molar-refractivity contribution in [2.24, 2.45) is 0 Å². The van der Waals surface area contributed by atoms with Gasteiger partial charge in [-0.25, -0.2) is 14.1 Å². The van der Waals surface area contributed by atoms with E-state index in [0.717, 1.165) is 42.7 Å². The van der Waals surface area contributed by atoms with E-state index in [9.17, 15) is 9.18 Å². The van der Waals surface area contributed by atoms with Gasteiger partial charge in [0, 0.05) is 6.54 Å². The molecule has 1 fully saturated rings. The lowest BCUT2D eigenvalue weighted by Gasteiger charge is -2.34. The van der Waals surface area contributed by atoms with Crippen LogP contribution in [0.2, 0.25) is 0 Å². The quantitative estimate of drug-likeness (QED) is 0.698. The summed E-state index contributed by atoms with van der Waals surface area (Å²) in [5.74, 6) is -0.349. The van der Waals surface area contributed by atoms with Crippen LogP contribution in [0.1, 0.15) is 36.4 Å². The maximum absolute atomic E-state index is 13.4. The van der Waals surface area contributed by atoms with Crippen molar-refractivity contribution < 1.29 is 9.18 Å². The summed E-state index contributed by atoms with van der Waals surface area (Å²) in [6.07, 6.45) is 6.48. The molecule has 150 valence electrons. The van der Waals surface area contributed by atoms with E-state index in [1.165, 1.54) is 24.9 Å². The van der Waals surface area contributed by atoms with E-state index in [1.807, 2.05) is 24.3 Å². The molecular weight excluding hydrogens is 369 g/mol. The third kappa shape index (κ3) is 4.68. The number of hydrogen-bond acceptors (Lipinski definition) is 4. The molecule has 7 heteroatoms. The van der Waals surface area contributed by atoms with E-state index < -0.39 is 6.04 Å². The predicted molar refractivity (Wildman–Crippen MR) is 108 cm³/mol. The molecule has 1 aliphatic rings. The van der Waals surface area contributed by atoms with Gasteiger partial charge in [-0.2, -0.15) is 5.10 Å². The maximum atomic E-state index is 13.4. The molecular formula is C22H24FN5O. The SMILES string of the molecule is O=C(NCc1ccc(-n2cncn2)cc1)C(c1ccc(F)cc1)N1CCCCC1. The third-order valence-electron chi connectivity index (χ3n) is 5.28. The highest BCUT2D eigenvalue weighted by Crippen LogP contribution is 2.25. The molecule has 0 saturated carbocycles. The number of benzene rings is 2. The van der Waals surface area contributed by atoms with E-state index in [4.69, 9.17) is 0 Å². The van der Waals surface area contributed by atoms with Crippen molar-refractivity contribution in [3.05, 3.63) is 78.1 Å². The first-order valence-corrected chi connectivity index (χ1v) is 9.92. The maximum Gasteiger partial charge on any atom is 0.242 e. The monoisotopic (exact) mass is 393 g/mol. The van der Waals surface area contributed by atoms with Gasteiger partial charge in [0.2, 0.25) is 5.91 Å². The summed E-state index contributed by atoms with van der Waals surface area (Å²) in [5, 5.41) is 7.16. The Morgan fingerprint density at radius 2 is 1.76 bits per heavy atom. The van der Waals surface area contributed by atoms with Gasteiger partial charge >= 0.3 is 0 Å². The lowest BCUT2D eigenvalue weighted by molar-refractivity contribution is -0.127. The standard InChI is InChI=1S/C22H24FN5O/c23-19-8-6-18(7-9-19)21(27-12-2-1-3-13-27)22(29)25-14-17-4-10-20(11-5-17)28-16-24-15-26-28/h4-11,15-16,21H,1-3,12-14H2,(H,25,29). The predicted octanol–water partition coefficient (Wildman–Crippen LogP) is 3.25. The van der Waals surface area contributed by atoms with Crippen LogP contribution in [-0.4, -0.2) is 38.7 Å². The molecule has 1 aromatic heterocycles. The topological polar surface area (TPSA) is 63.1 Å². The molecule has 3 aromatic rings. The van der Waals surface area contributed by atoms with E-state index >= 15 is 0 Å². The molecule has 6 nitrogen and oxygen atoms in total. The van der Waals surface area contributed by atoms with Crippen molar-refractivity contribution in [3.63, 3.8) is 0 Å². The van der Waals surface area contributed by atoms with Crippen molar-refractivity contribution in [1.82, 2.24) is 25.0 Å². The van der Waals surface area contributed by atoms with Crippen LogP contribution in [0.25, 0.3) is 5.69 Å². The van der Waals surface area contributed by atoms with Gasteiger partial charge in [-0.05, 0) is 61.3 Å². The molecule has 1 saturated heterocycles. The highest BCUT2D eigenvalue weighted by Gasteiger charge is 2.28.